The molecule has 1 aliphatic rings. The predicted molar refractivity (Wildman–Crippen MR) is 68.6 cm³/mol. The van der Waals surface area contributed by atoms with Crippen LogP contribution in [0.15, 0.2) is 0 Å². The predicted octanol–water partition coefficient (Wildman–Crippen LogP) is 2.50. The fourth-order valence-electron chi connectivity index (χ4n) is 2.15. The highest BCUT2D eigenvalue weighted by molar-refractivity contribution is 6.59. The quantitative estimate of drug-likeness (QED) is 0.747. The Bertz CT molecular complexity index is 198. The molecule has 1 aliphatic heterocycles. The normalized spacial score (nSPS) is 28.4. The smallest absolute Gasteiger partial charge is 0.101 e. The molecule has 1 saturated heterocycles. The molecule has 0 aromatic rings. The van der Waals surface area contributed by atoms with E-state index in [1.54, 1.807) is 0 Å². The Kier molecular flexibility index (Phi) is 4.38. The van der Waals surface area contributed by atoms with Crippen LogP contribution in [-0.2, 0) is 4.74 Å². The number of hydrogen-bond donors (Lipinski definition) is 1. The zero-order valence-corrected chi connectivity index (χ0v) is 11.9. The molecule has 1 heterocycles. The van der Waals surface area contributed by atoms with Crippen LogP contribution in [0, 0.1) is 6.92 Å². The minimum Gasteiger partial charge on any atom is -0.364 e. The molecule has 1 atom stereocenters. The molecule has 1 rings (SSSR count). The third-order valence-electron chi connectivity index (χ3n) is 3.41. The summed E-state index contributed by atoms with van der Waals surface area (Å²) in [6.07, 6.45) is 4.60. The third kappa shape index (κ3) is 3.30. The van der Waals surface area contributed by atoms with Gasteiger partial charge in [-0.1, -0.05) is 20.0 Å². The molecule has 1 N–H and O–H groups in total. The molecule has 0 amide bonds. The molecule has 3 heteroatoms. The number of ether oxygens (including phenoxy) is 1. The van der Waals surface area contributed by atoms with Crippen molar-refractivity contribution in [1.29, 1.82) is 0 Å². The molecule has 1 unspecified atom stereocenters. The molecule has 0 aromatic heterocycles. The van der Waals surface area contributed by atoms with Crippen LogP contribution in [0.5, 0.6) is 0 Å². The van der Waals surface area contributed by atoms with Crippen molar-refractivity contribution in [1.82, 2.24) is 5.32 Å². The van der Waals surface area contributed by atoms with E-state index in [-0.39, 0.29) is 10.9 Å². The second kappa shape index (κ2) is 4.98. The van der Waals surface area contributed by atoms with Crippen molar-refractivity contribution in [2.75, 3.05) is 6.61 Å². The molecule has 1 fully saturated rings. The summed E-state index contributed by atoms with van der Waals surface area (Å²) < 4.78 is 6.09. The lowest BCUT2D eigenvalue weighted by molar-refractivity contribution is -0.0607. The van der Waals surface area contributed by atoms with Crippen molar-refractivity contribution in [3.8, 4) is 0 Å². The standard InChI is InChI=1S/C12H26NOSi/c1-6-11(2,3)13-12(15(4)5)9-7-8-10-14-12/h13,15H,1,6-10H2,2-5H3. The first kappa shape index (κ1) is 13.2. The van der Waals surface area contributed by atoms with Crippen LogP contribution in [0.3, 0.4) is 0 Å². The van der Waals surface area contributed by atoms with Crippen LogP contribution in [0.1, 0.15) is 39.5 Å². The van der Waals surface area contributed by atoms with Crippen LogP contribution < -0.4 is 5.32 Å². The third-order valence-corrected chi connectivity index (χ3v) is 5.87. The van der Waals surface area contributed by atoms with Crippen LogP contribution in [0.25, 0.3) is 0 Å². The molecule has 0 spiro atoms. The Labute approximate surface area is 96.4 Å². The lowest BCUT2D eigenvalue weighted by Gasteiger charge is -2.46. The average molecular weight is 228 g/mol. The zero-order valence-electron chi connectivity index (χ0n) is 10.7. The van der Waals surface area contributed by atoms with Gasteiger partial charge in [-0.25, -0.2) is 0 Å². The van der Waals surface area contributed by atoms with Crippen LogP contribution in [0.4, 0.5) is 0 Å². The van der Waals surface area contributed by atoms with Gasteiger partial charge < -0.3 is 4.74 Å². The monoisotopic (exact) mass is 228 g/mol. The first-order chi connectivity index (χ1) is 6.92. The van der Waals surface area contributed by atoms with Crippen molar-refractivity contribution in [2.24, 2.45) is 0 Å². The SMILES string of the molecule is [CH2]CC(C)(C)NC1([SiH](C)C)CCCCO1. The topological polar surface area (TPSA) is 21.3 Å². The Morgan fingerprint density at radius 2 is 2.07 bits per heavy atom. The summed E-state index contributed by atoms with van der Waals surface area (Å²) in [6, 6.07) is 0. The molecular formula is C12H26NOSi. The van der Waals surface area contributed by atoms with Gasteiger partial charge in [-0.05, 0) is 39.5 Å². The van der Waals surface area contributed by atoms with Gasteiger partial charge in [-0.15, -0.1) is 0 Å². The van der Waals surface area contributed by atoms with Gasteiger partial charge in [0.1, 0.15) is 5.35 Å². The molecule has 0 saturated carbocycles. The lowest BCUT2D eigenvalue weighted by Crippen LogP contribution is -2.64. The molecule has 0 aliphatic carbocycles. The molecule has 89 valence electrons. The van der Waals surface area contributed by atoms with E-state index in [0.717, 1.165) is 13.0 Å². The second-order valence-corrected chi connectivity index (χ2v) is 8.85. The summed E-state index contributed by atoms with van der Waals surface area (Å²) in [5.41, 5.74) is 0.0919. The van der Waals surface area contributed by atoms with Gasteiger partial charge in [0.05, 0.1) is 8.80 Å². The summed E-state index contributed by atoms with van der Waals surface area (Å²) in [4.78, 5) is 0. The van der Waals surface area contributed by atoms with E-state index < -0.39 is 8.80 Å². The van der Waals surface area contributed by atoms with E-state index >= 15 is 0 Å². The molecular weight excluding hydrogens is 202 g/mol. The summed E-state index contributed by atoms with van der Waals surface area (Å²) in [7, 11) is -0.863. The lowest BCUT2D eigenvalue weighted by atomic mass is 10.0. The van der Waals surface area contributed by atoms with Crippen LogP contribution in [-0.4, -0.2) is 26.3 Å². The molecule has 1 radical (unpaired) electrons. The summed E-state index contributed by atoms with van der Waals surface area (Å²) in [5.74, 6) is 0. The highest BCUT2D eigenvalue weighted by atomic mass is 28.3. The summed E-state index contributed by atoms with van der Waals surface area (Å²) in [5, 5.41) is 3.75. The first-order valence-corrected chi connectivity index (χ1v) is 9.03. The Morgan fingerprint density at radius 3 is 2.47 bits per heavy atom. The molecule has 15 heavy (non-hydrogen) atoms. The molecule has 0 aromatic carbocycles. The average Bonchev–Trinajstić information content (AvgIpc) is 2.18. The van der Waals surface area contributed by atoms with E-state index in [2.05, 4.69) is 39.2 Å². The van der Waals surface area contributed by atoms with Gasteiger partial charge in [0.25, 0.3) is 0 Å². The van der Waals surface area contributed by atoms with Crippen LogP contribution >= 0.6 is 0 Å². The van der Waals surface area contributed by atoms with Gasteiger partial charge in [-0.2, -0.15) is 0 Å². The van der Waals surface area contributed by atoms with E-state index in [1.165, 1.54) is 19.3 Å². The van der Waals surface area contributed by atoms with E-state index in [9.17, 15) is 0 Å². The zero-order chi connectivity index (χ0) is 11.5. The van der Waals surface area contributed by atoms with Crippen molar-refractivity contribution in [2.45, 2.75) is 63.5 Å². The Balaban J connectivity index is 2.73. The fourth-order valence-corrected chi connectivity index (χ4v) is 4.06. The number of rotatable bonds is 4. The van der Waals surface area contributed by atoms with Crippen molar-refractivity contribution in [3.63, 3.8) is 0 Å². The molecule has 2 nitrogen and oxygen atoms in total. The highest BCUT2D eigenvalue weighted by Crippen LogP contribution is 2.28. The summed E-state index contributed by atoms with van der Waals surface area (Å²) in [6.45, 7) is 14.1. The van der Waals surface area contributed by atoms with Crippen LogP contribution in [0.2, 0.25) is 13.1 Å². The van der Waals surface area contributed by atoms with Crippen molar-refractivity contribution in [3.05, 3.63) is 6.92 Å². The van der Waals surface area contributed by atoms with Gasteiger partial charge in [0, 0.05) is 12.1 Å². The number of hydrogen-bond acceptors (Lipinski definition) is 2. The minimum absolute atomic E-state index is 0.0133. The van der Waals surface area contributed by atoms with Gasteiger partial charge in [0.2, 0.25) is 0 Å². The number of nitrogens with one attached hydrogen (secondary N) is 1. The van der Waals surface area contributed by atoms with E-state index in [4.69, 9.17) is 4.74 Å². The van der Waals surface area contributed by atoms with Crippen molar-refractivity contribution >= 4 is 8.80 Å². The van der Waals surface area contributed by atoms with Gasteiger partial charge >= 0.3 is 0 Å². The van der Waals surface area contributed by atoms with E-state index in [1.807, 2.05) is 0 Å². The largest absolute Gasteiger partial charge is 0.364 e. The summed E-state index contributed by atoms with van der Waals surface area (Å²) >= 11 is 0. The van der Waals surface area contributed by atoms with Crippen molar-refractivity contribution < 1.29 is 4.74 Å². The molecule has 0 bridgehead atoms. The van der Waals surface area contributed by atoms with E-state index in [0.29, 0.717) is 0 Å². The van der Waals surface area contributed by atoms with Gasteiger partial charge in [-0.3, -0.25) is 5.32 Å². The Hall–Kier alpha value is 0.137. The Morgan fingerprint density at radius 1 is 1.40 bits per heavy atom. The maximum Gasteiger partial charge on any atom is 0.101 e. The van der Waals surface area contributed by atoms with Gasteiger partial charge in [0.15, 0.2) is 0 Å². The highest BCUT2D eigenvalue weighted by Gasteiger charge is 2.40. The maximum absolute atomic E-state index is 6.09. The second-order valence-electron chi connectivity index (χ2n) is 5.61. The maximum atomic E-state index is 6.09. The fraction of sp³-hybridized carbons (Fsp3) is 0.917. The minimum atomic E-state index is -0.863. The first-order valence-electron chi connectivity index (χ1n) is 6.14.